The monoisotopic (exact) mass is 381 g/mol. The minimum Gasteiger partial charge on any atom is -0.390 e. The lowest BCUT2D eigenvalue weighted by Crippen LogP contribution is -2.53. The first kappa shape index (κ1) is 24.3. The molecule has 22 heavy (non-hydrogen) atoms. The van der Waals surface area contributed by atoms with E-state index >= 15 is 0 Å². The standard InChI is InChI=1S/C11H18F7NOS.ClH/c1-8(2,3)6(20)7(19)21-5-4-9(12,10(13,14)15)11(16,17)18;/h6-7,20H,4-5,19H2,1-3H3;1H. The van der Waals surface area contributed by atoms with Crippen molar-refractivity contribution in [2.75, 3.05) is 5.75 Å². The van der Waals surface area contributed by atoms with Crippen molar-refractivity contribution in [2.45, 2.75) is 56.7 Å². The highest BCUT2D eigenvalue weighted by Crippen LogP contribution is 2.48. The molecule has 0 rings (SSSR count). The van der Waals surface area contributed by atoms with Gasteiger partial charge in [-0.1, -0.05) is 20.8 Å². The van der Waals surface area contributed by atoms with Gasteiger partial charge in [-0.15, -0.1) is 24.2 Å². The van der Waals surface area contributed by atoms with Gasteiger partial charge in [0.05, 0.1) is 11.5 Å². The summed E-state index contributed by atoms with van der Waals surface area (Å²) in [7, 11) is 0. The first-order chi connectivity index (χ1) is 9.04. The maximum absolute atomic E-state index is 13.3. The maximum atomic E-state index is 13.3. The van der Waals surface area contributed by atoms with E-state index in [1.807, 2.05) is 0 Å². The third-order valence-electron chi connectivity index (χ3n) is 2.85. The number of nitrogens with two attached hydrogens (primary N) is 1. The molecule has 0 aromatic heterocycles. The van der Waals surface area contributed by atoms with Crippen molar-refractivity contribution in [3.05, 3.63) is 0 Å². The molecule has 0 saturated heterocycles. The van der Waals surface area contributed by atoms with E-state index in [0.717, 1.165) is 0 Å². The third-order valence-corrected chi connectivity index (χ3v) is 3.94. The van der Waals surface area contributed by atoms with Crippen LogP contribution in [0.3, 0.4) is 0 Å². The fourth-order valence-electron chi connectivity index (χ4n) is 1.36. The van der Waals surface area contributed by atoms with Crippen molar-refractivity contribution in [3.63, 3.8) is 0 Å². The molecule has 0 aliphatic heterocycles. The van der Waals surface area contributed by atoms with Gasteiger partial charge in [-0.05, 0) is 11.2 Å². The van der Waals surface area contributed by atoms with Crippen LogP contribution >= 0.6 is 24.2 Å². The Morgan fingerprint density at radius 2 is 1.32 bits per heavy atom. The van der Waals surface area contributed by atoms with Crippen LogP contribution in [-0.4, -0.2) is 40.4 Å². The molecule has 2 atom stereocenters. The number of alkyl halides is 7. The maximum Gasteiger partial charge on any atom is 0.431 e. The molecule has 0 aromatic carbocycles. The van der Waals surface area contributed by atoms with Gasteiger partial charge in [-0.25, -0.2) is 4.39 Å². The van der Waals surface area contributed by atoms with Gasteiger partial charge in [0.1, 0.15) is 0 Å². The summed E-state index contributed by atoms with van der Waals surface area (Å²) in [5.41, 5.74) is -0.501. The predicted molar refractivity (Wildman–Crippen MR) is 73.7 cm³/mol. The molecule has 0 aliphatic rings. The largest absolute Gasteiger partial charge is 0.431 e. The van der Waals surface area contributed by atoms with Gasteiger partial charge < -0.3 is 10.8 Å². The van der Waals surface area contributed by atoms with Crippen LogP contribution in [0.5, 0.6) is 0 Å². The molecule has 0 spiro atoms. The van der Waals surface area contributed by atoms with E-state index in [1.165, 1.54) is 0 Å². The van der Waals surface area contributed by atoms with Gasteiger partial charge in [0.2, 0.25) is 0 Å². The molecule has 0 aromatic rings. The summed E-state index contributed by atoms with van der Waals surface area (Å²) < 4.78 is 87.1. The Kier molecular flexibility index (Phi) is 8.58. The normalized spacial score (nSPS) is 16.9. The molecule has 2 nitrogen and oxygen atoms in total. The smallest absolute Gasteiger partial charge is 0.390 e. The summed E-state index contributed by atoms with van der Waals surface area (Å²) >= 11 is 0.458. The van der Waals surface area contributed by atoms with Gasteiger partial charge in [0, 0.05) is 6.42 Å². The summed E-state index contributed by atoms with van der Waals surface area (Å²) in [5.74, 6) is -0.830. The second kappa shape index (κ2) is 7.76. The highest BCUT2D eigenvalue weighted by atomic mass is 35.5. The number of rotatable bonds is 5. The highest BCUT2D eigenvalue weighted by Gasteiger charge is 2.71. The van der Waals surface area contributed by atoms with Gasteiger partial charge in [-0.3, -0.25) is 0 Å². The minimum absolute atomic E-state index is 0. The molecule has 3 N–H and O–H groups in total. The minimum atomic E-state index is -6.06. The zero-order valence-corrected chi connectivity index (χ0v) is 13.7. The van der Waals surface area contributed by atoms with E-state index in [0.29, 0.717) is 11.8 Å². The lowest BCUT2D eigenvalue weighted by Gasteiger charge is -2.32. The van der Waals surface area contributed by atoms with Crippen LogP contribution < -0.4 is 5.73 Å². The Balaban J connectivity index is 0. The van der Waals surface area contributed by atoms with Crippen LogP contribution in [0.25, 0.3) is 0 Å². The van der Waals surface area contributed by atoms with Crippen LogP contribution in [0.15, 0.2) is 0 Å². The first-order valence-corrected chi connectivity index (χ1v) is 6.96. The Hall–Kier alpha value is 0.0700. The Morgan fingerprint density at radius 1 is 0.955 bits per heavy atom. The van der Waals surface area contributed by atoms with Crippen molar-refractivity contribution >= 4 is 24.2 Å². The van der Waals surface area contributed by atoms with Crippen LogP contribution in [0, 0.1) is 5.41 Å². The molecule has 0 saturated carbocycles. The van der Waals surface area contributed by atoms with E-state index in [9.17, 15) is 35.8 Å². The Bertz CT molecular complexity index is 329. The van der Waals surface area contributed by atoms with Crippen LogP contribution in [-0.2, 0) is 0 Å². The number of aliphatic hydroxyl groups excluding tert-OH is 1. The summed E-state index contributed by atoms with van der Waals surface area (Å²) in [6, 6.07) is 0. The lowest BCUT2D eigenvalue weighted by molar-refractivity contribution is -0.341. The molecule has 2 unspecified atom stereocenters. The van der Waals surface area contributed by atoms with E-state index in [2.05, 4.69) is 0 Å². The first-order valence-electron chi connectivity index (χ1n) is 5.91. The van der Waals surface area contributed by atoms with E-state index < -0.39 is 47.1 Å². The summed E-state index contributed by atoms with van der Waals surface area (Å²) in [4.78, 5) is 0. The van der Waals surface area contributed by atoms with Gasteiger partial charge >= 0.3 is 12.4 Å². The van der Waals surface area contributed by atoms with Crippen molar-refractivity contribution in [1.29, 1.82) is 0 Å². The molecule has 0 aliphatic carbocycles. The van der Waals surface area contributed by atoms with Crippen molar-refractivity contribution < 1.29 is 35.8 Å². The predicted octanol–water partition coefficient (Wildman–Crippen LogP) is 4.06. The number of halogens is 8. The van der Waals surface area contributed by atoms with E-state index in [1.54, 1.807) is 20.8 Å². The molecule has 0 bridgehead atoms. The number of aliphatic hydroxyl groups is 1. The zero-order valence-electron chi connectivity index (χ0n) is 12.1. The van der Waals surface area contributed by atoms with Crippen LogP contribution in [0.4, 0.5) is 30.7 Å². The average Bonchev–Trinajstić information content (AvgIpc) is 2.23. The lowest BCUT2D eigenvalue weighted by atomic mass is 9.89. The third kappa shape index (κ3) is 5.93. The highest BCUT2D eigenvalue weighted by molar-refractivity contribution is 7.99. The van der Waals surface area contributed by atoms with E-state index in [-0.39, 0.29) is 12.4 Å². The summed E-state index contributed by atoms with van der Waals surface area (Å²) in [6.07, 6.45) is -15.1. The number of hydrogen-bond donors (Lipinski definition) is 2. The van der Waals surface area contributed by atoms with Crippen molar-refractivity contribution in [1.82, 2.24) is 0 Å². The average molecular weight is 382 g/mol. The molecule has 0 radical (unpaired) electrons. The topological polar surface area (TPSA) is 46.2 Å². The quantitative estimate of drug-likeness (QED) is 0.557. The zero-order chi connectivity index (χ0) is 17.3. The van der Waals surface area contributed by atoms with Gasteiger partial charge in [0.15, 0.2) is 0 Å². The fraction of sp³-hybridized carbons (Fsp3) is 1.00. The molecule has 0 fully saturated rings. The van der Waals surface area contributed by atoms with Crippen molar-refractivity contribution in [3.8, 4) is 0 Å². The van der Waals surface area contributed by atoms with Crippen LogP contribution in [0.1, 0.15) is 27.2 Å². The second-order valence-corrected chi connectivity index (χ2v) is 6.98. The summed E-state index contributed by atoms with van der Waals surface area (Å²) in [5, 5.41) is 8.60. The molecule has 0 amide bonds. The Labute approximate surface area is 134 Å². The fourth-order valence-corrected chi connectivity index (χ4v) is 2.63. The molecule has 0 heterocycles. The Morgan fingerprint density at radius 3 is 1.59 bits per heavy atom. The molecule has 136 valence electrons. The number of hydrogen-bond acceptors (Lipinski definition) is 3. The van der Waals surface area contributed by atoms with E-state index in [4.69, 9.17) is 5.73 Å². The van der Waals surface area contributed by atoms with Crippen molar-refractivity contribution in [2.24, 2.45) is 11.1 Å². The second-order valence-electron chi connectivity index (χ2n) is 5.69. The molecular formula is C11H19ClF7NOS. The summed E-state index contributed by atoms with van der Waals surface area (Å²) in [6.45, 7) is 4.80. The van der Waals surface area contributed by atoms with Crippen LogP contribution in [0.2, 0.25) is 0 Å². The SMILES string of the molecule is CC(C)(C)C(O)C(N)SCCC(F)(C(F)(F)F)C(F)(F)F.Cl. The van der Waals surface area contributed by atoms with Gasteiger partial charge in [0.25, 0.3) is 5.67 Å². The molecule has 11 heteroatoms. The number of thioether (sulfide) groups is 1. The molecular weight excluding hydrogens is 363 g/mol. The van der Waals surface area contributed by atoms with Gasteiger partial charge in [-0.2, -0.15) is 26.3 Å².